The van der Waals surface area contributed by atoms with Gasteiger partial charge in [0.05, 0.1) is 24.4 Å². The van der Waals surface area contributed by atoms with Crippen LogP contribution in [0, 0.1) is 0 Å². The number of rotatable bonds is 18. The van der Waals surface area contributed by atoms with Crippen LogP contribution >= 0.6 is 0 Å². The summed E-state index contributed by atoms with van der Waals surface area (Å²) in [5, 5.41) is 6.03. The number of carbonyl (C=O) groups is 2. The lowest BCUT2D eigenvalue weighted by atomic mass is 9.99. The third-order valence-corrected chi connectivity index (χ3v) is 5.11. The van der Waals surface area contributed by atoms with Crippen molar-refractivity contribution in [3.63, 3.8) is 0 Å². The molecule has 0 aromatic heterocycles. The summed E-state index contributed by atoms with van der Waals surface area (Å²) in [5.74, 6) is 0.231. The average molecular weight is 401 g/mol. The van der Waals surface area contributed by atoms with Gasteiger partial charge in [0.2, 0.25) is 5.91 Å². The number of Topliss-reactive ketones (excluding diaryl/α,β-unsaturated/α-hetero) is 1. The molecule has 0 rings (SSSR count). The number of amides is 1. The third-order valence-electron chi connectivity index (χ3n) is 5.11. The van der Waals surface area contributed by atoms with Crippen molar-refractivity contribution >= 4 is 11.7 Å². The summed E-state index contributed by atoms with van der Waals surface area (Å²) in [7, 11) is 1.95. The van der Waals surface area contributed by atoms with Crippen LogP contribution in [0.2, 0.25) is 0 Å². The first-order chi connectivity index (χ1) is 13.2. The topological polar surface area (TPSA) is 76.7 Å². The molecule has 0 spiro atoms. The van der Waals surface area contributed by atoms with E-state index in [1.165, 1.54) is 0 Å². The summed E-state index contributed by atoms with van der Waals surface area (Å²) < 4.78 is 12.1. The highest BCUT2D eigenvalue weighted by Gasteiger charge is 2.25. The van der Waals surface area contributed by atoms with E-state index in [9.17, 15) is 9.59 Å². The molecule has 0 bridgehead atoms. The number of ketones is 1. The molecule has 0 aromatic rings. The smallest absolute Gasteiger partial charge is 0.220 e. The highest BCUT2D eigenvalue weighted by Crippen LogP contribution is 2.22. The summed E-state index contributed by atoms with van der Waals surface area (Å²) in [4.78, 5) is 23.3. The lowest BCUT2D eigenvalue weighted by molar-refractivity contribution is -0.122. The van der Waals surface area contributed by atoms with Gasteiger partial charge in [-0.05, 0) is 66.5 Å². The maximum atomic E-state index is 11.8. The molecule has 0 saturated heterocycles. The molecular weight excluding hydrogens is 356 g/mol. The predicted octanol–water partition coefficient (Wildman–Crippen LogP) is 3.62. The second kappa shape index (κ2) is 14.9. The molecule has 1 amide bonds. The second-order valence-corrected chi connectivity index (χ2v) is 8.36. The van der Waals surface area contributed by atoms with Crippen LogP contribution in [0.4, 0.5) is 0 Å². The van der Waals surface area contributed by atoms with E-state index in [4.69, 9.17) is 9.47 Å². The molecule has 0 saturated carbocycles. The molecule has 2 N–H and O–H groups in total. The van der Waals surface area contributed by atoms with Crippen molar-refractivity contribution in [2.75, 3.05) is 33.4 Å². The first-order valence-electron chi connectivity index (χ1n) is 10.9. The van der Waals surface area contributed by atoms with Crippen molar-refractivity contribution in [2.24, 2.45) is 0 Å². The van der Waals surface area contributed by atoms with Crippen LogP contribution in [-0.2, 0) is 19.1 Å². The molecule has 0 fully saturated rings. The van der Waals surface area contributed by atoms with Crippen molar-refractivity contribution in [1.82, 2.24) is 10.6 Å². The lowest BCUT2D eigenvalue weighted by Crippen LogP contribution is -2.36. The second-order valence-electron chi connectivity index (χ2n) is 8.36. The molecule has 0 aliphatic rings. The number of carbonyl (C=O) groups excluding carboxylic acids is 2. The number of hydrogen-bond donors (Lipinski definition) is 2. The molecule has 0 aromatic carbocycles. The fourth-order valence-corrected chi connectivity index (χ4v) is 2.82. The predicted molar refractivity (Wildman–Crippen MR) is 115 cm³/mol. The monoisotopic (exact) mass is 400 g/mol. The van der Waals surface area contributed by atoms with Crippen molar-refractivity contribution in [3.05, 3.63) is 0 Å². The summed E-state index contributed by atoms with van der Waals surface area (Å²) >= 11 is 0. The van der Waals surface area contributed by atoms with Gasteiger partial charge in [0.25, 0.3) is 0 Å². The molecule has 0 aliphatic carbocycles. The minimum absolute atomic E-state index is 0.0132. The molecular formula is C22H44N2O4. The Morgan fingerprint density at radius 1 is 0.893 bits per heavy atom. The Morgan fingerprint density at radius 3 is 2.21 bits per heavy atom. The van der Waals surface area contributed by atoms with Crippen LogP contribution in [0.5, 0.6) is 0 Å². The Labute approximate surface area is 172 Å². The molecule has 0 heterocycles. The van der Waals surface area contributed by atoms with Gasteiger partial charge in [-0.2, -0.15) is 0 Å². The van der Waals surface area contributed by atoms with Gasteiger partial charge in [-0.25, -0.2) is 0 Å². The number of nitrogens with one attached hydrogen (secondary N) is 2. The molecule has 28 heavy (non-hydrogen) atoms. The SMILES string of the molecule is CCCC(=O)CCCC(=O)NCCOC(C)(CC)CCOC(C)(C)CCNC. The van der Waals surface area contributed by atoms with Crippen LogP contribution in [0.3, 0.4) is 0 Å². The van der Waals surface area contributed by atoms with E-state index < -0.39 is 0 Å². The Morgan fingerprint density at radius 2 is 1.61 bits per heavy atom. The largest absolute Gasteiger partial charge is 0.375 e. The maximum absolute atomic E-state index is 11.8. The normalized spacial score (nSPS) is 13.9. The minimum atomic E-state index is -0.254. The highest BCUT2D eigenvalue weighted by atomic mass is 16.5. The van der Waals surface area contributed by atoms with Crippen molar-refractivity contribution < 1.29 is 19.1 Å². The Balaban J connectivity index is 3.99. The van der Waals surface area contributed by atoms with Crippen LogP contribution in [0.15, 0.2) is 0 Å². The van der Waals surface area contributed by atoms with E-state index in [0.717, 1.165) is 32.2 Å². The summed E-state index contributed by atoms with van der Waals surface area (Å²) in [5.41, 5.74) is -0.402. The van der Waals surface area contributed by atoms with Crippen molar-refractivity contribution in [2.45, 2.75) is 97.2 Å². The quantitative estimate of drug-likeness (QED) is 0.344. The zero-order chi connectivity index (χ0) is 21.5. The van der Waals surface area contributed by atoms with Crippen molar-refractivity contribution in [1.29, 1.82) is 0 Å². The lowest BCUT2D eigenvalue weighted by Gasteiger charge is -2.31. The fourth-order valence-electron chi connectivity index (χ4n) is 2.82. The molecule has 0 aliphatic heterocycles. The Bertz CT molecular complexity index is 440. The van der Waals surface area contributed by atoms with Gasteiger partial charge in [-0.3, -0.25) is 9.59 Å². The van der Waals surface area contributed by atoms with Crippen LogP contribution in [0.25, 0.3) is 0 Å². The first-order valence-corrected chi connectivity index (χ1v) is 10.9. The van der Waals surface area contributed by atoms with E-state index in [-0.39, 0.29) is 22.9 Å². The van der Waals surface area contributed by atoms with E-state index in [2.05, 4.69) is 38.3 Å². The zero-order valence-electron chi connectivity index (χ0n) is 19.1. The van der Waals surface area contributed by atoms with Gasteiger partial charge in [0.15, 0.2) is 0 Å². The number of ether oxygens (including phenoxy) is 2. The average Bonchev–Trinajstić information content (AvgIpc) is 2.64. The Kier molecular flexibility index (Phi) is 14.4. The van der Waals surface area contributed by atoms with Crippen molar-refractivity contribution in [3.8, 4) is 0 Å². The molecule has 6 heteroatoms. The van der Waals surface area contributed by atoms with E-state index in [1.54, 1.807) is 0 Å². The van der Waals surface area contributed by atoms with Gasteiger partial charge in [0.1, 0.15) is 5.78 Å². The van der Waals surface area contributed by atoms with Gasteiger partial charge in [0, 0.05) is 25.8 Å². The van der Waals surface area contributed by atoms with E-state index in [1.807, 2.05) is 14.0 Å². The fraction of sp³-hybridized carbons (Fsp3) is 0.909. The minimum Gasteiger partial charge on any atom is -0.375 e. The highest BCUT2D eigenvalue weighted by molar-refractivity contribution is 5.80. The van der Waals surface area contributed by atoms with Crippen LogP contribution in [-0.4, -0.2) is 56.2 Å². The zero-order valence-corrected chi connectivity index (χ0v) is 19.1. The van der Waals surface area contributed by atoms with Crippen LogP contribution < -0.4 is 10.6 Å². The van der Waals surface area contributed by atoms with Gasteiger partial charge < -0.3 is 20.1 Å². The molecule has 1 atom stereocenters. The third kappa shape index (κ3) is 14.1. The molecule has 0 radical (unpaired) electrons. The maximum Gasteiger partial charge on any atom is 0.220 e. The Hall–Kier alpha value is -0.980. The first kappa shape index (κ1) is 27.0. The van der Waals surface area contributed by atoms with E-state index in [0.29, 0.717) is 45.4 Å². The van der Waals surface area contributed by atoms with Gasteiger partial charge >= 0.3 is 0 Å². The van der Waals surface area contributed by atoms with Gasteiger partial charge in [-0.1, -0.05) is 13.8 Å². The molecule has 1 unspecified atom stereocenters. The summed E-state index contributed by atoms with van der Waals surface area (Å²) in [6, 6.07) is 0. The van der Waals surface area contributed by atoms with Crippen LogP contribution in [0.1, 0.15) is 86.0 Å². The van der Waals surface area contributed by atoms with E-state index >= 15 is 0 Å². The summed E-state index contributed by atoms with van der Waals surface area (Å²) in [6.45, 7) is 13.0. The number of hydrogen-bond acceptors (Lipinski definition) is 5. The summed E-state index contributed by atoms with van der Waals surface area (Å²) in [6.07, 6.45) is 5.67. The van der Waals surface area contributed by atoms with Gasteiger partial charge in [-0.15, -0.1) is 0 Å². The standard InChI is InChI=1S/C22H44N2O4/c1-7-10-19(25)11-9-12-20(26)24-16-18-28-22(5,8-2)14-17-27-21(3,4)13-15-23-6/h23H,7-18H2,1-6H3,(H,24,26). The molecule has 6 nitrogen and oxygen atoms in total. The molecule has 166 valence electrons.